The van der Waals surface area contributed by atoms with Gasteiger partial charge in [0.25, 0.3) is 0 Å². The van der Waals surface area contributed by atoms with Gasteiger partial charge in [-0.05, 0) is 30.9 Å². The first-order chi connectivity index (χ1) is 8.60. The third kappa shape index (κ3) is 1.74. The van der Waals surface area contributed by atoms with E-state index in [0.29, 0.717) is 12.3 Å². The van der Waals surface area contributed by atoms with Crippen LogP contribution in [0, 0.1) is 5.92 Å². The fraction of sp³-hybridized carbons (Fsp3) is 0.533. The number of aryl methyl sites for hydroxylation is 1. The van der Waals surface area contributed by atoms with Crippen LogP contribution in [0.5, 0.6) is 0 Å². The molecule has 0 saturated heterocycles. The summed E-state index contributed by atoms with van der Waals surface area (Å²) >= 11 is 0. The van der Waals surface area contributed by atoms with Crippen molar-refractivity contribution in [3.63, 3.8) is 0 Å². The van der Waals surface area contributed by atoms with Gasteiger partial charge in [-0.15, -0.1) is 0 Å². The van der Waals surface area contributed by atoms with Gasteiger partial charge >= 0.3 is 0 Å². The molecule has 0 bridgehead atoms. The lowest BCUT2D eigenvalue weighted by Gasteiger charge is -2.27. The minimum atomic E-state index is -0.560. The molecule has 18 heavy (non-hydrogen) atoms. The zero-order chi connectivity index (χ0) is 12.8. The highest BCUT2D eigenvalue weighted by Gasteiger charge is 2.39. The molecule has 3 rings (SSSR count). The van der Waals surface area contributed by atoms with E-state index in [9.17, 15) is 5.11 Å². The van der Waals surface area contributed by atoms with E-state index in [1.807, 2.05) is 25.2 Å². The SMILES string of the molecule is CC1CCCC1(O)Cc1nc2ccccc2n1C. The molecule has 2 aromatic rings. The fourth-order valence-electron chi connectivity index (χ4n) is 3.12. The van der Waals surface area contributed by atoms with Crippen molar-refractivity contribution in [2.75, 3.05) is 0 Å². The summed E-state index contributed by atoms with van der Waals surface area (Å²) in [5, 5.41) is 10.7. The molecule has 3 nitrogen and oxygen atoms in total. The summed E-state index contributed by atoms with van der Waals surface area (Å²) in [5.41, 5.74) is 1.60. The smallest absolute Gasteiger partial charge is 0.112 e. The van der Waals surface area contributed by atoms with Gasteiger partial charge in [-0.3, -0.25) is 0 Å². The molecule has 1 aliphatic carbocycles. The van der Waals surface area contributed by atoms with Crippen molar-refractivity contribution in [3.8, 4) is 0 Å². The number of aliphatic hydroxyl groups is 1. The van der Waals surface area contributed by atoms with Crippen molar-refractivity contribution >= 4 is 11.0 Å². The Morgan fingerprint density at radius 2 is 2.22 bits per heavy atom. The maximum atomic E-state index is 10.7. The molecule has 3 heteroatoms. The average molecular weight is 244 g/mol. The van der Waals surface area contributed by atoms with Crippen LogP contribution in [-0.4, -0.2) is 20.3 Å². The first kappa shape index (κ1) is 11.7. The Labute approximate surface area is 107 Å². The quantitative estimate of drug-likeness (QED) is 0.882. The number of aromatic nitrogens is 2. The highest BCUT2D eigenvalue weighted by Crippen LogP contribution is 2.37. The van der Waals surface area contributed by atoms with Gasteiger partial charge < -0.3 is 9.67 Å². The lowest BCUT2D eigenvalue weighted by molar-refractivity contribution is 0.00734. The van der Waals surface area contributed by atoms with Crippen molar-refractivity contribution in [1.29, 1.82) is 0 Å². The zero-order valence-corrected chi connectivity index (χ0v) is 11.1. The summed E-state index contributed by atoms with van der Waals surface area (Å²) < 4.78 is 2.11. The highest BCUT2D eigenvalue weighted by atomic mass is 16.3. The Morgan fingerprint density at radius 1 is 1.44 bits per heavy atom. The first-order valence-electron chi connectivity index (χ1n) is 6.73. The first-order valence-corrected chi connectivity index (χ1v) is 6.73. The number of nitrogens with zero attached hydrogens (tertiary/aromatic N) is 2. The van der Waals surface area contributed by atoms with Gasteiger partial charge in [-0.25, -0.2) is 4.98 Å². The molecule has 1 heterocycles. The maximum Gasteiger partial charge on any atom is 0.112 e. The molecule has 0 amide bonds. The summed E-state index contributed by atoms with van der Waals surface area (Å²) in [6, 6.07) is 8.14. The predicted molar refractivity (Wildman–Crippen MR) is 72.4 cm³/mol. The van der Waals surface area contributed by atoms with Crippen LogP contribution < -0.4 is 0 Å². The molecule has 96 valence electrons. The molecular weight excluding hydrogens is 224 g/mol. The minimum Gasteiger partial charge on any atom is -0.389 e. The topological polar surface area (TPSA) is 38.1 Å². The molecule has 1 aliphatic rings. The molecule has 2 atom stereocenters. The normalized spacial score (nSPS) is 28.1. The van der Waals surface area contributed by atoms with Crippen molar-refractivity contribution < 1.29 is 5.11 Å². The largest absolute Gasteiger partial charge is 0.389 e. The van der Waals surface area contributed by atoms with E-state index >= 15 is 0 Å². The Kier molecular flexibility index (Phi) is 2.67. The second-order valence-electron chi connectivity index (χ2n) is 5.65. The third-order valence-electron chi connectivity index (χ3n) is 4.51. The van der Waals surface area contributed by atoms with E-state index in [-0.39, 0.29) is 0 Å². The van der Waals surface area contributed by atoms with Crippen molar-refractivity contribution in [2.24, 2.45) is 13.0 Å². The fourth-order valence-corrected chi connectivity index (χ4v) is 3.12. The number of para-hydroxylation sites is 2. The van der Waals surface area contributed by atoms with Crippen LogP contribution in [0.2, 0.25) is 0 Å². The van der Waals surface area contributed by atoms with E-state index < -0.39 is 5.60 Å². The molecule has 1 N–H and O–H groups in total. The summed E-state index contributed by atoms with van der Waals surface area (Å²) in [6.45, 7) is 2.15. The second-order valence-corrected chi connectivity index (χ2v) is 5.65. The monoisotopic (exact) mass is 244 g/mol. The Hall–Kier alpha value is -1.35. The molecule has 1 fully saturated rings. The van der Waals surface area contributed by atoms with Gasteiger partial charge in [-0.1, -0.05) is 25.5 Å². The molecule has 1 aromatic heterocycles. The lowest BCUT2D eigenvalue weighted by atomic mass is 9.89. The maximum absolute atomic E-state index is 10.7. The van der Waals surface area contributed by atoms with Gasteiger partial charge in [0, 0.05) is 13.5 Å². The second kappa shape index (κ2) is 4.09. The van der Waals surface area contributed by atoms with Crippen LogP contribution in [-0.2, 0) is 13.5 Å². The lowest BCUT2D eigenvalue weighted by Crippen LogP contribution is -2.35. The van der Waals surface area contributed by atoms with E-state index in [0.717, 1.165) is 36.1 Å². The van der Waals surface area contributed by atoms with Gasteiger partial charge in [0.2, 0.25) is 0 Å². The van der Waals surface area contributed by atoms with Crippen LogP contribution in [0.3, 0.4) is 0 Å². The number of fused-ring (bicyclic) bond motifs is 1. The summed E-state index contributed by atoms with van der Waals surface area (Å²) in [7, 11) is 2.04. The molecule has 2 unspecified atom stereocenters. The predicted octanol–water partition coefficient (Wildman–Crippen LogP) is 2.67. The van der Waals surface area contributed by atoms with Crippen LogP contribution >= 0.6 is 0 Å². The van der Waals surface area contributed by atoms with E-state index in [1.165, 1.54) is 0 Å². The van der Waals surface area contributed by atoms with Crippen LogP contribution in [0.15, 0.2) is 24.3 Å². The summed E-state index contributed by atoms with van der Waals surface area (Å²) in [6.07, 6.45) is 3.82. The zero-order valence-electron chi connectivity index (χ0n) is 11.1. The standard InChI is InChI=1S/C15H20N2O/c1-11-6-5-9-15(11,18)10-14-16-12-7-3-4-8-13(12)17(14)2/h3-4,7-8,11,18H,5-6,9-10H2,1-2H3. The summed E-state index contributed by atoms with van der Waals surface area (Å²) in [4.78, 5) is 4.66. The molecule has 0 radical (unpaired) electrons. The van der Waals surface area contributed by atoms with Crippen LogP contribution in [0.4, 0.5) is 0 Å². The molecule has 0 spiro atoms. The van der Waals surface area contributed by atoms with Crippen LogP contribution in [0.25, 0.3) is 11.0 Å². The van der Waals surface area contributed by atoms with Gasteiger partial charge in [0.1, 0.15) is 5.82 Å². The van der Waals surface area contributed by atoms with Gasteiger partial charge in [-0.2, -0.15) is 0 Å². The Morgan fingerprint density at radius 3 is 2.89 bits per heavy atom. The number of rotatable bonds is 2. The van der Waals surface area contributed by atoms with Crippen LogP contribution in [0.1, 0.15) is 32.0 Å². The van der Waals surface area contributed by atoms with Gasteiger partial charge in [0.05, 0.1) is 16.6 Å². The number of benzene rings is 1. The van der Waals surface area contributed by atoms with Crippen molar-refractivity contribution in [3.05, 3.63) is 30.1 Å². The average Bonchev–Trinajstić information content (AvgIpc) is 2.83. The van der Waals surface area contributed by atoms with Crippen molar-refractivity contribution in [1.82, 2.24) is 9.55 Å². The third-order valence-corrected chi connectivity index (χ3v) is 4.51. The van der Waals surface area contributed by atoms with Gasteiger partial charge in [0.15, 0.2) is 0 Å². The van der Waals surface area contributed by atoms with E-state index in [1.54, 1.807) is 0 Å². The van der Waals surface area contributed by atoms with E-state index in [4.69, 9.17) is 0 Å². The highest BCUT2D eigenvalue weighted by molar-refractivity contribution is 5.75. The number of hydrogen-bond acceptors (Lipinski definition) is 2. The van der Waals surface area contributed by atoms with Crippen molar-refractivity contribution in [2.45, 2.75) is 38.2 Å². The number of hydrogen-bond donors (Lipinski definition) is 1. The molecular formula is C15H20N2O. The Balaban J connectivity index is 1.98. The molecule has 0 aliphatic heterocycles. The Bertz CT molecular complexity index is 575. The number of imidazole rings is 1. The molecule has 1 saturated carbocycles. The summed E-state index contributed by atoms with van der Waals surface area (Å²) in [5.74, 6) is 1.37. The molecule has 1 aromatic carbocycles. The van der Waals surface area contributed by atoms with E-state index in [2.05, 4.69) is 22.5 Å². The minimum absolute atomic E-state index is 0.373.